The normalized spacial score (nSPS) is 19.3. The molecule has 0 N–H and O–H groups in total. The summed E-state index contributed by atoms with van der Waals surface area (Å²) in [4.78, 5) is 17.4. The van der Waals surface area contributed by atoms with E-state index in [-0.39, 0.29) is 6.10 Å². The highest BCUT2D eigenvalue weighted by Crippen LogP contribution is 2.27. The number of aromatic nitrogens is 4. The van der Waals surface area contributed by atoms with Crippen molar-refractivity contribution in [3.8, 4) is 0 Å². The lowest BCUT2D eigenvalue weighted by Gasteiger charge is -2.33. The number of ether oxygens (including phenoxy) is 1. The Kier molecular flexibility index (Phi) is 4.35. The number of aryl methyl sites for hydroxylation is 1. The van der Waals surface area contributed by atoms with Crippen molar-refractivity contribution in [3.05, 3.63) is 36.3 Å². The minimum atomic E-state index is -0.0481. The van der Waals surface area contributed by atoms with E-state index in [1.165, 1.54) is 5.69 Å². The Morgan fingerprint density at radius 1 is 1.32 bits per heavy atom. The zero-order valence-electron chi connectivity index (χ0n) is 13.3. The van der Waals surface area contributed by atoms with Crippen LogP contribution in [-0.4, -0.2) is 58.2 Å². The summed E-state index contributed by atoms with van der Waals surface area (Å²) in [5.74, 6) is 0.870. The summed E-state index contributed by atoms with van der Waals surface area (Å²) in [5.41, 5.74) is 2.11. The third kappa shape index (κ3) is 3.10. The Hall–Kier alpha value is -1.99. The van der Waals surface area contributed by atoms with Gasteiger partial charge in [0, 0.05) is 59.4 Å². The minimum absolute atomic E-state index is 0.0481. The first kappa shape index (κ1) is 14.9. The Morgan fingerprint density at radius 3 is 2.86 bits per heavy atom. The lowest BCUT2D eigenvalue weighted by atomic mass is 10.2. The van der Waals surface area contributed by atoms with Gasteiger partial charge in [-0.1, -0.05) is 0 Å². The molecule has 1 fully saturated rings. The van der Waals surface area contributed by atoms with E-state index < -0.39 is 0 Å². The maximum absolute atomic E-state index is 5.94. The molecule has 0 bridgehead atoms. The molecule has 0 spiro atoms. The third-order valence-electron chi connectivity index (χ3n) is 3.89. The van der Waals surface area contributed by atoms with Gasteiger partial charge < -0.3 is 14.2 Å². The lowest BCUT2D eigenvalue weighted by Crippen LogP contribution is -2.39. The first-order valence-corrected chi connectivity index (χ1v) is 7.42. The van der Waals surface area contributed by atoms with Gasteiger partial charge in [-0.2, -0.15) is 0 Å². The zero-order valence-corrected chi connectivity index (χ0v) is 13.3. The van der Waals surface area contributed by atoms with Gasteiger partial charge in [0.05, 0.1) is 18.6 Å². The summed E-state index contributed by atoms with van der Waals surface area (Å²) in [6.45, 7) is 3.30. The summed E-state index contributed by atoms with van der Waals surface area (Å²) >= 11 is 0. The van der Waals surface area contributed by atoms with Crippen LogP contribution in [-0.2, 0) is 18.3 Å². The minimum Gasteiger partial charge on any atom is -0.369 e. The second-order valence-electron chi connectivity index (χ2n) is 5.75. The molecule has 0 amide bonds. The number of anilines is 1. The summed E-state index contributed by atoms with van der Waals surface area (Å²) in [6, 6.07) is 0. The van der Waals surface area contributed by atoms with E-state index in [1.54, 1.807) is 12.4 Å². The highest BCUT2D eigenvalue weighted by atomic mass is 16.5. The summed E-state index contributed by atoms with van der Waals surface area (Å²) in [7, 11) is 5.97. The molecule has 3 heterocycles. The fourth-order valence-electron chi connectivity index (χ4n) is 2.69. The van der Waals surface area contributed by atoms with Crippen molar-refractivity contribution in [2.24, 2.45) is 7.05 Å². The largest absolute Gasteiger partial charge is 0.369 e. The molecule has 1 aliphatic rings. The van der Waals surface area contributed by atoms with E-state index in [0.29, 0.717) is 6.61 Å². The first-order chi connectivity index (χ1) is 10.6. The van der Waals surface area contributed by atoms with Gasteiger partial charge in [0.2, 0.25) is 0 Å². The van der Waals surface area contributed by atoms with Gasteiger partial charge in [-0.25, -0.2) is 9.97 Å². The number of morpholine rings is 1. The van der Waals surface area contributed by atoms with E-state index in [4.69, 9.17) is 4.74 Å². The van der Waals surface area contributed by atoms with E-state index in [9.17, 15) is 0 Å². The standard InChI is InChI=1S/C15H22N6O/c1-19(2)15-14(17-4-5-18-15)13-10-21(6-7-22-13)9-12-8-16-11-20(12)3/h4-5,8,11,13H,6-7,9-10H2,1-3H3. The van der Waals surface area contributed by atoms with Crippen LogP contribution in [0, 0.1) is 0 Å². The van der Waals surface area contributed by atoms with Crippen molar-refractivity contribution < 1.29 is 4.74 Å². The van der Waals surface area contributed by atoms with Crippen LogP contribution in [0.4, 0.5) is 5.82 Å². The maximum atomic E-state index is 5.94. The first-order valence-electron chi connectivity index (χ1n) is 7.42. The molecule has 0 aliphatic carbocycles. The predicted octanol–water partition coefficient (Wildman–Crippen LogP) is 0.850. The molecule has 1 atom stereocenters. The number of nitrogens with zero attached hydrogens (tertiary/aromatic N) is 6. The van der Waals surface area contributed by atoms with Crippen molar-refractivity contribution in [3.63, 3.8) is 0 Å². The Labute approximate surface area is 130 Å². The molecule has 7 heteroatoms. The van der Waals surface area contributed by atoms with Gasteiger partial charge in [-0.15, -0.1) is 0 Å². The summed E-state index contributed by atoms with van der Waals surface area (Å²) in [6.07, 6.45) is 7.15. The molecule has 0 saturated carbocycles. The maximum Gasteiger partial charge on any atom is 0.152 e. The molecule has 2 aromatic heterocycles. The molecule has 1 saturated heterocycles. The Morgan fingerprint density at radius 2 is 2.14 bits per heavy atom. The SMILES string of the molecule is CN(C)c1nccnc1C1CN(Cc2cncn2C)CCO1. The second kappa shape index (κ2) is 6.41. The van der Waals surface area contributed by atoms with Crippen LogP contribution in [0.1, 0.15) is 17.5 Å². The van der Waals surface area contributed by atoms with Crippen molar-refractivity contribution in [2.75, 3.05) is 38.7 Å². The van der Waals surface area contributed by atoms with Gasteiger partial charge >= 0.3 is 0 Å². The van der Waals surface area contributed by atoms with E-state index in [1.807, 2.05) is 38.6 Å². The average Bonchev–Trinajstić information content (AvgIpc) is 2.93. The highest BCUT2D eigenvalue weighted by Gasteiger charge is 2.26. The van der Waals surface area contributed by atoms with Gasteiger partial charge in [0.15, 0.2) is 5.82 Å². The second-order valence-corrected chi connectivity index (χ2v) is 5.75. The molecule has 3 rings (SSSR count). The van der Waals surface area contributed by atoms with E-state index >= 15 is 0 Å². The van der Waals surface area contributed by atoms with Crippen LogP contribution in [0.3, 0.4) is 0 Å². The Bertz CT molecular complexity index is 626. The van der Waals surface area contributed by atoms with Crippen LogP contribution in [0.25, 0.3) is 0 Å². The molecule has 0 aromatic carbocycles. The number of rotatable bonds is 4. The van der Waals surface area contributed by atoms with Crippen LogP contribution < -0.4 is 4.90 Å². The molecular weight excluding hydrogens is 280 g/mol. The third-order valence-corrected chi connectivity index (χ3v) is 3.89. The van der Waals surface area contributed by atoms with Crippen molar-refractivity contribution in [1.82, 2.24) is 24.4 Å². The van der Waals surface area contributed by atoms with Crippen LogP contribution in [0.15, 0.2) is 24.9 Å². The van der Waals surface area contributed by atoms with E-state index in [0.717, 1.165) is 31.1 Å². The van der Waals surface area contributed by atoms with Gasteiger partial charge in [0.1, 0.15) is 11.8 Å². The fraction of sp³-hybridized carbons (Fsp3) is 0.533. The number of hydrogen-bond donors (Lipinski definition) is 0. The van der Waals surface area contributed by atoms with Gasteiger partial charge in [-0.3, -0.25) is 9.88 Å². The number of imidazole rings is 1. The highest BCUT2D eigenvalue weighted by molar-refractivity contribution is 5.42. The molecule has 22 heavy (non-hydrogen) atoms. The monoisotopic (exact) mass is 302 g/mol. The van der Waals surface area contributed by atoms with Crippen molar-refractivity contribution in [2.45, 2.75) is 12.6 Å². The smallest absolute Gasteiger partial charge is 0.152 e. The Balaban J connectivity index is 1.75. The van der Waals surface area contributed by atoms with Crippen LogP contribution >= 0.6 is 0 Å². The van der Waals surface area contributed by atoms with E-state index in [2.05, 4.69) is 24.4 Å². The van der Waals surface area contributed by atoms with Gasteiger partial charge in [-0.05, 0) is 0 Å². The zero-order chi connectivity index (χ0) is 15.5. The topological polar surface area (TPSA) is 59.3 Å². The van der Waals surface area contributed by atoms with Crippen molar-refractivity contribution >= 4 is 5.82 Å². The van der Waals surface area contributed by atoms with Crippen LogP contribution in [0.2, 0.25) is 0 Å². The quantitative estimate of drug-likeness (QED) is 0.834. The lowest BCUT2D eigenvalue weighted by molar-refractivity contribution is -0.0354. The van der Waals surface area contributed by atoms with Crippen LogP contribution in [0.5, 0.6) is 0 Å². The predicted molar refractivity (Wildman–Crippen MR) is 83.5 cm³/mol. The molecule has 0 radical (unpaired) electrons. The number of hydrogen-bond acceptors (Lipinski definition) is 6. The molecule has 7 nitrogen and oxygen atoms in total. The molecule has 2 aromatic rings. The molecule has 1 aliphatic heterocycles. The summed E-state index contributed by atoms with van der Waals surface area (Å²) < 4.78 is 7.99. The van der Waals surface area contributed by atoms with Gasteiger partial charge in [0.25, 0.3) is 0 Å². The average molecular weight is 302 g/mol. The fourth-order valence-corrected chi connectivity index (χ4v) is 2.69. The molecular formula is C15H22N6O. The summed E-state index contributed by atoms with van der Waals surface area (Å²) in [5, 5.41) is 0. The van der Waals surface area contributed by atoms with Crippen molar-refractivity contribution in [1.29, 1.82) is 0 Å². The molecule has 1 unspecified atom stereocenters. The molecule has 118 valence electrons.